The molecule has 0 aliphatic rings. The lowest BCUT2D eigenvalue weighted by molar-refractivity contribution is 0.104. The molecule has 0 fully saturated rings. The van der Waals surface area contributed by atoms with Gasteiger partial charge in [0.25, 0.3) is 0 Å². The number of H-pyrrole nitrogens is 1. The van der Waals surface area contributed by atoms with E-state index in [-0.39, 0.29) is 35.1 Å². The molecule has 0 atom stereocenters. The summed E-state index contributed by atoms with van der Waals surface area (Å²) >= 11 is 0. The fourth-order valence-electron chi connectivity index (χ4n) is 3.43. The highest BCUT2D eigenvalue weighted by molar-refractivity contribution is 6.07. The number of hydrogen-bond donors (Lipinski definition) is 3. The Balaban J connectivity index is 1.61. The molecule has 0 saturated heterocycles. The van der Waals surface area contributed by atoms with Gasteiger partial charge in [0.05, 0.1) is 19.4 Å². The van der Waals surface area contributed by atoms with Crippen molar-refractivity contribution in [2.24, 2.45) is 0 Å². The molecule has 0 unspecified atom stereocenters. The van der Waals surface area contributed by atoms with E-state index in [0.29, 0.717) is 28.3 Å². The molecule has 0 aliphatic carbocycles. The smallest absolute Gasteiger partial charge is 0.330 e. The standard InChI is InChI=1S/C25H22N2O6/c1-15-6-9-22(33-15)20-13-27(25(31)26-20)19-5-3-4-17(12-19)21(29)8-7-16-10-18(14-28)24(30)23(11-16)32-2/h3-13,28,30H,14H2,1-2H3,(H,26,31). The van der Waals surface area contributed by atoms with Gasteiger partial charge in [0.15, 0.2) is 23.0 Å². The number of aromatic hydroxyl groups is 1. The normalized spacial score (nSPS) is 11.2. The van der Waals surface area contributed by atoms with E-state index < -0.39 is 0 Å². The molecule has 0 saturated carbocycles. The minimum atomic E-state index is -0.370. The molecule has 33 heavy (non-hydrogen) atoms. The van der Waals surface area contributed by atoms with Crippen LogP contribution in [0.3, 0.4) is 0 Å². The Hall–Kier alpha value is -4.30. The Kier molecular flexibility index (Phi) is 6.01. The lowest BCUT2D eigenvalue weighted by atomic mass is 10.1. The second-order valence-electron chi connectivity index (χ2n) is 7.39. The minimum Gasteiger partial charge on any atom is -0.504 e. The maximum absolute atomic E-state index is 12.8. The van der Waals surface area contributed by atoms with Gasteiger partial charge in [-0.15, -0.1) is 0 Å². The number of carbonyl (C=O) groups excluding carboxylic acids is 1. The number of imidazole rings is 1. The topological polar surface area (TPSA) is 118 Å². The van der Waals surface area contributed by atoms with E-state index in [0.717, 1.165) is 5.76 Å². The van der Waals surface area contributed by atoms with Crippen LogP contribution in [-0.2, 0) is 6.61 Å². The number of ketones is 1. The molecule has 0 spiro atoms. The zero-order chi connectivity index (χ0) is 23.5. The molecular weight excluding hydrogens is 424 g/mol. The SMILES string of the molecule is COc1cc(C=CC(=O)c2cccc(-n3cc(-c4ccc(C)o4)[nH]c3=O)c2)cc(CO)c1O. The Morgan fingerprint density at radius 3 is 2.73 bits per heavy atom. The number of aromatic amines is 1. The summed E-state index contributed by atoms with van der Waals surface area (Å²) in [5.41, 5.74) is 1.97. The maximum atomic E-state index is 12.8. The Labute approximate surface area is 189 Å². The summed E-state index contributed by atoms with van der Waals surface area (Å²) in [6, 6.07) is 13.4. The fourth-order valence-corrected chi connectivity index (χ4v) is 3.43. The van der Waals surface area contributed by atoms with Crippen molar-refractivity contribution in [2.45, 2.75) is 13.5 Å². The van der Waals surface area contributed by atoms with Crippen LogP contribution in [0.25, 0.3) is 23.2 Å². The van der Waals surface area contributed by atoms with E-state index in [1.54, 1.807) is 54.7 Å². The van der Waals surface area contributed by atoms with E-state index in [1.807, 2.05) is 13.0 Å². The van der Waals surface area contributed by atoms with E-state index >= 15 is 0 Å². The predicted molar refractivity (Wildman–Crippen MR) is 123 cm³/mol. The van der Waals surface area contributed by atoms with Crippen molar-refractivity contribution in [3.05, 3.63) is 93.7 Å². The minimum absolute atomic E-state index is 0.141. The van der Waals surface area contributed by atoms with Crippen LogP contribution in [0.15, 0.2) is 70.0 Å². The first-order valence-corrected chi connectivity index (χ1v) is 10.1. The number of aliphatic hydroxyl groups excluding tert-OH is 1. The van der Waals surface area contributed by atoms with Crippen molar-refractivity contribution >= 4 is 11.9 Å². The second kappa shape index (κ2) is 9.05. The number of rotatable bonds is 7. The average molecular weight is 446 g/mol. The highest BCUT2D eigenvalue weighted by Crippen LogP contribution is 2.32. The summed E-state index contributed by atoms with van der Waals surface area (Å²) in [7, 11) is 1.40. The van der Waals surface area contributed by atoms with Crippen LogP contribution in [0.5, 0.6) is 11.5 Å². The van der Waals surface area contributed by atoms with Crippen LogP contribution in [0, 0.1) is 6.92 Å². The highest BCUT2D eigenvalue weighted by atomic mass is 16.5. The molecule has 0 bridgehead atoms. The zero-order valence-electron chi connectivity index (χ0n) is 18.0. The summed E-state index contributed by atoms with van der Waals surface area (Å²) in [4.78, 5) is 28.0. The largest absolute Gasteiger partial charge is 0.504 e. The Bertz CT molecular complexity index is 1380. The number of aromatic nitrogens is 2. The quantitative estimate of drug-likeness (QED) is 0.293. The average Bonchev–Trinajstić information content (AvgIpc) is 3.43. The molecule has 0 amide bonds. The number of nitrogens with one attached hydrogen (secondary N) is 1. The molecule has 0 aliphatic heterocycles. The summed E-state index contributed by atoms with van der Waals surface area (Å²) in [6.07, 6.45) is 4.57. The summed E-state index contributed by atoms with van der Waals surface area (Å²) < 4.78 is 12.1. The molecular formula is C25H22N2O6. The number of benzene rings is 2. The first-order chi connectivity index (χ1) is 15.9. The monoisotopic (exact) mass is 446 g/mol. The number of furan rings is 1. The fraction of sp³-hybridized carbons (Fsp3) is 0.120. The number of hydrogen-bond acceptors (Lipinski definition) is 6. The second-order valence-corrected chi connectivity index (χ2v) is 7.39. The third kappa shape index (κ3) is 4.51. The number of allylic oxidation sites excluding steroid dienone is 1. The van der Waals surface area contributed by atoms with Gasteiger partial charge in [-0.1, -0.05) is 18.2 Å². The van der Waals surface area contributed by atoms with Crippen LogP contribution in [0.2, 0.25) is 0 Å². The molecule has 4 aromatic rings. The van der Waals surface area contributed by atoms with E-state index in [2.05, 4.69) is 4.98 Å². The number of ether oxygens (including phenoxy) is 1. The number of aryl methyl sites for hydroxylation is 1. The summed E-state index contributed by atoms with van der Waals surface area (Å²) in [6.45, 7) is 1.45. The zero-order valence-corrected chi connectivity index (χ0v) is 18.0. The number of phenols is 1. The molecule has 3 N–H and O–H groups in total. The first kappa shape index (κ1) is 21.9. The molecule has 2 heterocycles. The lowest BCUT2D eigenvalue weighted by Crippen LogP contribution is -2.14. The van der Waals surface area contributed by atoms with Crippen LogP contribution in [-0.4, -0.2) is 32.7 Å². The van der Waals surface area contributed by atoms with Gasteiger partial charge in [-0.2, -0.15) is 0 Å². The van der Waals surface area contributed by atoms with Crippen LogP contribution in [0.4, 0.5) is 0 Å². The number of nitrogens with zero attached hydrogens (tertiary/aromatic N) is 1. The van der Waals surface area contributed by atoms with Gasteiger partial charge in [-0.3, -0.25) is 9.36 Å². The van der Waals surface area contributed by atoms with E-state index in [4.69, 9.17) is 9.15 Å². The molecule has 8 heteroatoms. The van der Waals surface area contributed by atoms with Crippen molar-refractivity contribution in [3.8, 4) is 28.6 Å². The number of carbonyl (C=O) groups is 1. The third-order valence-electron chi connectivity index (χ3n) is 5.13. The van der Waals surface area contributed by atoms with Crippen molar-refractivity contribution in [2.75, 3.05) is 7.11 Å². The molecule has 4 rings (SSSR count). The van der Waals surface area contributed by atoms with Gasteiger partial charge < -0.3 is 24.4 Å². The highest BCUT2D eigenvalue weighted by Gasteiger charge is 2.12. The molecule has 2 aromatic carbocycles. The van der Waals surface area contributed by atoms with Crippen LogP contribution in [0.1, 0.15) is 27.2 Å². The molecule has 0 radical (unpaired) electrons. The van der Waals surface area contributed by atoms with Gasteiger partial charge in [0, 0.05) is 17.3 Å². The van der Waals surface area contributed by atoms with Crippen LogP contribution >= 0.6 is 0 Å². The maximum Gasteiger partial charge on any atom is 0.330 e. The molecule has 2 aromatic heterocycles. The lowest BCUT2D eigenvalue weighted by Gasteiger charge is -2.08. The van der Waals surface area contributed by atoms with Gasteiger partial charge in [-0.25, -0.2) is 4.79 Å². The van der Waals surface area contributed by atoms with Crippen molar-refractivity contribution in [3.63, 3.8) is 0 Å². The molecule has 8 nitrogen and oxygen atoms in total. The van der Waals surface area contributed by atoms with Crippen LogP contribution < -0.4 is 10.4 Å². The van der Waals surface area contributed by atoms with Crippen molar-refractivity contribution in [1.29, 1.82) is 0 Å². The van der Waals surface area contributed by atoms with E-state index in [1.165, 1.54) is 17.8 Å². The summed E-state index contributed by atoms with van der Waals surface area (Å²) in [5, 5.41) is 19.4. The van der Waals surface area contributed by atoms with Crippen molar-refractivity contribution in [1.82, 2.24) is 9.55 Å². The predicted octanol–water partition coefficient (Wildman–Crippen LogP) is 3.84. The van der Waals surface area contributed by atoms with Gasteiger partial charge >= 0.3 is 5.69 Å². The number of aliphatic hydroxyl groups is 1. The summed E-state index contributed by atoms with van der Waals surface area (Å²) in [5.74, 6) is 1.06. The van der Waals surface area contributed by atoms with E-state index in [9.17, 15) is 19.8 Å². The Morgan fingerprint density at radius 1 is 1.21 bits per heavy atom. The third-order valence-corrected chi connectivity index (χ3v) is 5.13. The first-order valence-electron chi connectivity index (χ1n) is 10.1. The van der Waals surface area contributed by atoms with Gasteiger partial charge in [0.2, 0.25) is 0 Å². The van der Waals surface area contributed by atoms with Crippen molar-refractivity contribution < 1.29 is 24.2 Å². The van der Waals surface area contributed by atoms with Gasteiger partial charge in [-0.05, 0) is 55.0 Å². The Morgan fingerprint density at radius 2 is 2.03 bits per heavy atom. The molecule has 168 valence electrons. The van der Waals surface area contributed by atoms with Gasteiger partial charge in [0.1, 0.15) is 11.5 Å². The number of methoxy groups -OCH3 is 1.